The standard InChI is InChI=1S/C24H22N2O3/c1-16-12-19(27)13-22(28)20(16)15-25-26-23(29)21-14-24(21,17-8-4-2-5-9-17)18-10-6-3-7-11-18/h2-13,15,21,27-28H,14H2,1H3,(H,26,29)/b25-15-/t21-/m1/s1. The van der Waals surface area contributed by atoms with Gasteiger partial charge in [0.05, 0.1) is 12.1 Å². The molecule has 0 heterocycles. The number of aromatic hydroxyl groups is 2. The van der Waals surface area contributed by atoms with Crippen LogP contribution in [0.15, 0.2) is 77.9 Å². The van der Waals surface area contributed by atoms with Crippen molar-refractivity contribution in [3.05, 3.63) is 95.1 Å². The molecule has 29 heavy (non-hydrogen) atoms. The quantitative estimate of drug-likeness (QED) is 0.460. The molecule has 5 heteroatoms. The molecule has 0 saturated heterocycles. The molecule has 0 aromatic heterocycles. The number of benzene rings is 3. The van der Waals surface area contributed by atoms with Gasteiger partial charge in [-0.25, -0.2) is 5.43 Å². The summed E-state index contributed by atoms with van der Waals surface area (Å²) >= 11 is 0. The maximum Gasteiger partial charge on any atom is 0.244 e. The monoisotopic (exact) mass is 386 g/mol. The summed E-state index contributed by atoms with van der Waals surface area (Å²) in [6.45, 7) is 1.75. The number of nitrogens with zero attached hydrogens (tertiary/aromatic N) is 1. The highest BCUT2D eigenvalue weighted by Gasteiger charge is 2.60. The lowest BCUT2D eigenvalue weighted by Crippen LogP contribution is -2.25. The largest absolute Gasteiger partial charge is 0.508 e. The minimum atomic E-state index is -0.348. The molecule has 3 aromatic carbocycles. The zero-order valence-electron chi connectivity index (χ0n) is 16.0. The Bertz CT molecular complexity index is 999. The van der Waals surface area contributed by atoms with Gasteiger partial charge in [-0.15, -0.1) is 0 Å². The van der Waals surface area contributed by atoms with E-state index in [0.717, 1.165) is 11.1 Å². The van der Waals surface area contributed by atoms with Crippen LogP contribution in [0.5, 0.6) is 11.5 Å². The van der Waals surface area contributed by atoms with Crippen LogP contribution < -0.4 is 5.43 Å². The molecule has 0 radical (unpaired) electrons. The Kier molecular flexibility index (Phi) is 4.80. The van der Waals surface area contributed by atoms with Crippen molar-refractivity contribution in [3.63, 3.8) is 0 Å². The van der Waals surface area contributed by atoms with Gasteiger partial charge in [0.25, 0.3) is 0 Å². The first-order chi connectivity index (χ1) is 14.0. The summed E-state index contributed by atoms with van der Waals surface area (Å²) in [5.74, 6) is -0.492. The van der Waals surface area contributed by atoms with Gasteiger partial charge < -0.3 is 10.2 Å². The fourth-order valence-electron chi connectivity index (χ4n) is 4.02. The van der Waals surface area contributed by atoms with E-state index in [1.54, 1.807) is 6.92 Å². The van der Waals surface area contributed by atoms with Crippen molar-refractivity contribution >= 4 is 12.1 Å². The summed E-state index contributed by atoms with van der Waals surface area (Å²) in [7, 11) is 0. The molecule has 1 aliphatic carbocycles. The number of amides is 1. The molecule has 3 aromatic rings. The van der Waals surface area contributed by atoms with E-state index in [0.29, 0.717) is 17.5 Å². The lowest BCUT2D eigenvalue weighted by molar-refractivity contribution is -0.122. The SMILES string of the molecule is Cc1cc(O)cc(O)c1/C=N\NC(=O)[C@H]1CC1(c1ccccc1)c1ccccc1. The van der Waals surface area contributed by atoms with E-state index in [1.165, 1.54) is 18.3 Å². The zero-order chi connectivity index (χ0) is 20.4. The second-order valence-electron chi connectivity index (χ2n) is 7.39. The molecule has 146 valence electrons. The van der Waals surface area contributed by atoms with Gasteiger partial charge in [-0.05, 0) is 36.1 Å². The van der Waals surface area contributed by atoms with Crippen LogP contribution in [0.4, 0.5) is 0 Å². The van der Waals surface area contributed by atoms with Crippen molar-refractivity contribution < 1.29 is 15.0 Å². The van der Waals surface area contributed by atoms with Crippen LogP contribution in [0.1, 0.15) is 28.7 Å². The van der Waals surface area contributed by atoms with Crippen molar-refractivity contribution in [2.24, 2.45) is 11.0 Å². The molecule has 0 unspecified atom stereocenters. The van der Waals surface area contributed by atoms with Gasteiger partial charge in [0, 0.05) is 17.0 Å². The van der Waals surface area contributed by atoms with Crippen LogP contribution in [0, 0.1) is 12.8 Å². The maximum absolute atomic E-state index is 12.9. The van der Waals surface area contributed by atoms with E-state index in [1.807, 2.05) is 36.4 Å². The molecule has 0 aliphatic heterocycles. The van der Waals surface area contributed by atoms with Crippen molar-refractivity contribution in [2.75, 3.05) is 0 Å². The van der Waals surface area contributed by atoms with Crippen LogP contribution >= 0.6 is 0 Å². The van der Waals surface area contributed by atoms with Crippen LogP contribution in [0.2, 0.25) is 0 Å². The van der Waals surface area contributed by atoms with Crippen LogP contribution in [-0.4, -0.2) is 22.3 Å². The molecule has 1 amide bonds. The normalized spacial score (nSPS) is 17.2. The van der Waals surface area contributed by atoms with E-state index < -0.39 is 0 Å². The average Bonchev–Trinajstić information content (AvgIpc) is 3.48. The van der Waals surface area contributed by atoms with Gasteiger partial charge >= 0.3 is 0 Å². The third-order valence-corrected chi connectivity index (χ3v) is 5.57. The number of phenolic OH excluding ortho intramolecular Hbond substituents is 2. The first kappa shape index (κ1) is 18.7. The molecule has 1 atom stereocenters. The van der Waals surface area contributed by atoms with Crippen molar-refractivity contribution in [1.82, 2.24) is 5.43 Å². The van der Waals surface area contributed by atoms with E-state index in [4.69, 9.17) is 0 Å². The Balaban J connectivity index is 1.55. The second kappa shape index (κ2) is 7.43. The lowest BCUT2D eigenvalue weighted by atomic mass is 9.85. The second-order valence-corrected chi connectivity index (χ2v) is 7.39. The van der Waals surface area contributed by atoms with E-state index in [9.17, 15) is 15.0 Å². The Hall–Kier alpha value is -3.60. The number of carbonyl (C=O) groups is 1. The molecule has 1 fully saturated rings. The first-order valence-corrected chi connectivity index (χ1v) is 9.49. The third kappa shape index (κ3) is 3.47. The van der Waals surface area contributed by atoms with Gasteiger partial charge in [0.1, 0.15) is 11.5 Å². The summed E-state index contributed by atoms with van der Waals surface area (Å²) in [6, 6.07) is 22.9. The number of hydrazone groups is 1. The average molecular weight is 386 g/mol. The van der Waals surface area contributed by atoms with Crippen LogP contribution in [-0.2, 0) is 10.2 Å². The number of phenols is 2. The smallest absolute Gasteiger partial charge is 0.244 e. The number of carbonyl (C=O) groups excluding carboxylic acids is 1. The van der Waals surface area contributed by atoms with Gasteiger partial charge in [-0.3, -0.25) is 4.79 Å². The van der Waals surface area contributed by atoms with Gasteiger partial charge in [0.15, 0.2) is 0 Å². The Morgan fingerprint density at radius 1 is 1.03 bits per heavy atom. The number of aryl methyl sites for hydroxylation is 1. The fraction of sp³-hybridized carbons (Fsp3) is 0.167. The first-order valence-electron chi connectivity index (χ1n) is 9.49. The molecule has 4 rings (SSSR count). The molecule has 1 saturated carbocycles. The summed E-state index contributed by atoms with van der Waals surface area (Å²) < 4.78 is 0. The predicted octanol–water partition coefficient (Wildman–Crippen LogP) is 3.86. The molecular weight excluding hydrogens is 364 g/mol. The topological polar surface area (TPSA) is 81.9 Å². The van der Waals surface area contributed by atoms with Gasteiger partial charge in [-0.1, -0.05) is 60.7 Å². The minimum absolute atomic E-state index is 0.0188. The van der Waals surface area contributed by atoms with Crippen molar-refractivity contribution in [1.29, 1.82) is 0 Å². The molecule has 1 aliphatic rings. The van der Waals surface area contributed by atoms with Gasteiger partial charge in [0.2, 0.25) is 5.91 Å². The lowest BCUT2D eigenvalue weighted by Gasteiger charge is -2.18. The summed E-state index contributed by atoms with van der Waals surface area (Å²) in [6.07, 6.45) is 2.11. The predicted molar refractivity (Wildman–Crippen MR) is 112 cm³/mol. The summed E-state index contributed by atoms with van der Waals surface area (Å²) in [4.78, 5) is 12.9. The molecule has 5 nitrogen and oxygen atoms in total. The summed E-state index contributed by atoms with van der Waals surface area (Å²) in [5, 5.41) is 23.5. The minimum Gasteiger partial charge on any atom is -0.508 e. The Labute approximate surface area is 169 Å². The highest BCUT2D eigenvalue weighted by molar-refractivity contribution is 5.89. The zero-order valence-corrected chi connectivity index (χ0v) is 16.0. The molecular formula is C24H22N2O3. The highest BCUT2D eigenvalue weighted by atomic mass is 16.3. The number of rotatable bonds is 5. The molecule has 0 spiro atoms. The fourth-order valence-corrected chi connectivity index (χ4v) is 4.02. The van der Waals surface area contributed by atoms with Crippen molar-refractivity contribution in [3.8, 4) is 11.5 Å². The van der Waals surface area contributed by atoms with E-state index in [-0.39, 0.29) is 28.7 Å². The summed E-state index contributed by atoms with van der Waals surface area (Å²) in [5.41, 5.74) is 5.61. The van der Waals surface area contributed by atoms with Gasteiger partial charge in [-0.2, -0.15) is 5.10 Å². The number of hydrogen-bond acceptors (Lipinski definition) is 4. The Morgan fingerprint density at radius 2 is 1.62 bits per heavy atom. The van der Waals surface area contributed by atoms with Crippen molar-refractivity contribution in [2.45, 2.75) is 18.8 Å². The van der Waals surface area contributed by atoms with Crippen LogP contribution in [0.3, 0.4) is 0 Å². The molecule has 0 bridgehead atoms. The number of hydrogen-bond donors (Lipinski definition) is 3. The van der Waals surface area contributed by atoms with E-state index >= 15 is 0 Å². The maximum atomic E-state index is 12.9. The number of nitrogens with one attached hydrogen (secondary N) is 1. The molecule has 3 N–H and O–H groups in total. The van der Waals surface area contributed by atoms with Crippen LogP contribution in [0.25, 0.3) is 0 Å². The highest BCUT2D eigenvalue weighted by Crippen LogP contribution is 2.58. The third-order valence-electron chi connectivity index (χ3n) is 5.57. The Morgan fingerprint density at radius 3 is 2.17 bits per heavy atom. The van der Waals surface area contributed by atoms with E-state index in [2.05, 4.69) is 34.8 Å².